The summed E-state index contributed by atoms with van der Waals surface area (Å²) in [4.78, 5) is 15.7. The van der Waals surface area contributed by atoms with Crippen LogP contribution < -0.4 is 5.56 Å². The minimum atomic E-state index is -0.293. The molecule has 5 heteroatoms. The number of H-pyrrole nitrogens is 1. The van der Waals surface area contributed by atoms with E-state index in [1.807, 2.05) is 0 Å². The lowest BCUT2D eigenvalue weighted by Crippen LogP contribution is -2.05. The number of nitrogens with one attached hydrogen (secondary N) is 1. The Hall–Kier alpha value is -1.78. The summed E-state index contributed by atoms with van der Waals surface area (Å²) in [6, 6.07) is 11.6. The molecule has 0 saturated heterocycles. The Balaban J connectivity index is 2.17. The van der Waals surface area contributed by atoms with Gasteiger partial charge in [-0.15, -0.1) is 0 Å². The van der Waals surface area contributed by atoms with Crippen LogP contribution in [-0.4, -0.2) is 4.98 Å². The Morgan fingerprint density at radius 3 is 2.65 bits per heavy atom. The molecule has 0 spiro atoms. The van der Waals surface area contributed by atoms with Gasteiger partial charge in [-0.3, -0.25) is 4.79 Å². The minimum Gasteiger partial charge on any atom is -0.327 e. The van der Waals surface area contributed by atoms with Crippen LogP contribution >= 0.6 is 23.4 Å². The SMILES string of the molecule is O=c1[nH]cc(Sc2ccccc2F)c2cc(Cl)ccc12. The third kappa shape index (κ3) is 2.44. The summed E-state index contributed by atoms with van der Waals surface area (Å²) in [5.74, 6) is -0.293. The van der Waals surface area contributed by atoms with Crippen molar-refractivity contribution in [2.45, 2.75) is 9.79 Å². The zero-order chi connectivity index (χ0) is 14.1. The molecule has 3 rings (SSSR count). The zero-order valence-electron chi connectivity index (χ0n) is 10.2. The fourth-order valence-corrected chi connectivity index (χ4v) is 3.05. The van der Waals surface area contributed by atoms with Crippen molar-refractivity contribution in [1.29, 1.82) is 0 Å². The Kier molecular flexibility index (Phi) is 3.51. The zero-order valence-corrected chi connectivity index (χ0v) is 11.8. The molecule has 1 heterocycles. The highest BCUT2D eigenvalue weighted by atomic mass is 35.5. The second kappa shape index (κ2) is 5.31. The third-order valence-electron chi connectivity index (χ3n) is 2.88. The molecule has 0 aliphatic carbocycles. The first kappa shape index (κ1) is 13.2. The molecule has 0 amide bonds. The second-order valence-corrected chi connectivity index (χ2v) is 5.72. The highest BCUT2D eigenvalue weighted by Crippen LogP contribution is 2.34. The summed E-state index contributed by atoms with van der Waals surface area (Å²) in [6.45, 7) is 0. The molecule has 2 nitrogen and oxygen atoms in total. The van der Waals surface area contributed by atoms with Gasteiger partial charge in [0.25, 0.3) is 5.56 Å². The molecular formula is C15H9ClFNOS. The van der Waals surface area contributed by atoms with Crippen molar-refractivity contribution < 1.29 is 4.39 Å². The fraction of sp³-hybridized carbons (Fsp3) is 0. The van der Waals surface area contributed by atoms with Gasteiger partial charge in [0.1, 0.15) is 5.82 Å². The molecule has 1 aromatic heterocycles. The average Bonchev–Trinajstić information content (AvgIpc) is 2.44. The molecule has 0 unspecified atom stereocenters. The monoisotopic (exact) mass is 305 g/mol. The Labute approximate surface area is 123 Å². The number of halogens is 2. The first-order valence-electron chi connectivity index (χ1n) is 5.88. The van der Waals surface area contributed by atoms with Crippen LogP contribution in [0.15, 0.2) is 63.2 Å². The van der Waals surface area contributed by atoms with Crippen molar-refractivity contribution in [1.82, 2.24) is 4.98 Å². The average molecular weight is 306 g/mol. The quantitative estimate of drug-likeness (QED) is 0.757. The molecule has 20 heavy (non-hydrogen) atoms. The molecule has 3 aromatic rings. The van der Waals surface area contributed by atoms with Crippen molar-refractivity contribution in [2.75, 3.05) is 0 Å². The summed E-state index contributed by atoms with van der Waals surface area (Å²) >= 11 is 7.24. The van der Waals surface area contributed by atoms with Gasteiger partial charge in [-0.05, 0) is 30.3 Å². The van der Waals surface area contributed by atoms with E-state index in [1.165, 1.54) is 17.8 Å². The summed E-state index contributed by atoms with van der Waals surface area (Å²) in [5.41, 5.74) is -0.186. The molecule has 100 valence electrons. The van der Waals surface area contributed by atoms with Gasteiger partial charge in [-0.1, -0.05) is 35.5 Å². The van der Waals surface area contributed by atoms with E-state index in [4.69, 9.17) is 11.6 Å². The number of hydrogen-bond acceptors (Lipinski definition) is 2. The minimum absolute atomic E-state index is 0.186. The molecule has 0 aliphatic rings. The number of fused-ring (bicyclic) bond motifs is 1. The lowest BCUT2D eigenvalue weighted by atomic mass is 10.2. The lowest BCUT2D eigenvalue weighted by Gasteiger charge is -2.07. The Morgan fingerprint density at radius 2 is 1.85 bits per heavy atom. The van der Waals surface area contributed by atoms with Gasteiger partial charge in [-0.2, -0.15) is 0 Å². The predicted octanol–water partition coefficient (Wildman–Crippen LogP) is 4.47. The van der Waals surface area contributed by atoms with Gasteiger partial charge in [0.2, 0.25) is 0 Å². The molecule has 2 aromatic carbocycles. The van der Waals surface area contributed by atoms with Gasteiger partial charge in [0.15, 0.2) is 0 Å². The van der Waals surface area contributed by atoms with Crippen LogP contribution in [0.3, 0.4) is 0 Å². The maximum absolute atomic E-state index is 13.7. The smallest absolute Gasteiger partial charge is 0.255 e. The Bertz CT molecular complexity index is 847. The van der Waals surface area contributed by atoms with E-state index >= 15 is 0 Å². The third-order valence-corrected chi connectivity index (χ3v) is 4.23. The lowest BCUT2D eigenvalue weighted by molar-refractivity contribution is 0.602. The number of aromatic amines is 1. The molecule has 1 N–H and O–H groups in total. The van der Waals surface area contributed by atoms with E-state index in [2.05, 4.69) is 4.98 Å². The fourth-order valence-electron chi connectivity index (χ4n) is 1.94. The maximum Gasteiger partial charge on any atom is 0.255 e. The van der Waals surface area contributed by atoms with Gasteiger partial charge < -0.3 is 4.98 Å². The second-order valence-electron chi connectivity index (χ2n) is 4.20. The number of pyridine rings is 1. The summed E-state index contributed by atoms with van der Waals surface area (Å²) in [5, 5.41) is 1.80. The van der Waals surface area contributed by atoms with Crippen molar-refractivity contribution in [3.8, 4) is 0 Å². The van der Waals surface area contributed by atoms with E-state index < -0.39 is 0 Å². The van der Waals surface area contributed by atoms with Gasteiger partial charge in [-0.25, -0.2) is 4.39 Å². The molecule has 0 fully saturated rings. The first-order chi connectivity index (χ1) is 9.65. The standard InChI is InChI=1S/C15H9ClFNOS/c16-9-5-6-10-11(7-9)14(8-18-15(10)19)20-13-4-2-1-3-12(13)17/h1-8H,(H,18,19). The van der Waals surface area contributed by atoms with Crippen LogP contribution in [0.4, 0.5) is 4.39 Å². The number of benzene rings is 2. The molecule has 0 aliphatic heterocycles. The van der Waals surface area contributed by atoms with Crippen molar-refractivity contribution in [2.24, 2.45) is 0 Å². The summed E-state index contributed by atoms with van der Waals surface area (Å²) < 4.78 is 13.7. The van der Waals surface area contributed by atoms with Crippen molar-refractivity contribution >= 4 is 34.1 Å². The van der Waals surface area contributed by atoms with Crippen molar-refractivity contribution in [3.63, 3.8) is 0 Å². The number of rotatable bonds is 2. The molecule has 0 atom stereocenters. The van der Waals surface area contributed by atoms with Gasteiger partial charge in [0.05, 0.1) is 0 Å². The van der Waals surface area contributed by atoms with Gasteiger partial charge in [0, 0.05) is 31.8 Å². The normalized spacial score (nSPS) is 10.9. The van der Waals surface area contributed by atoms with E-state index in [0.29, 0.717) is 15.3 Å². The summed E-state index contributed by atoms with van der Waals surface area (Å²) in [7, 11) is 0. The van der Waals surface area contributed by atoms with Crippen LogP contribution in [-0.2, 0) is 0 Å². The highest BCUT2D eigenvalue weighted by molar-refractivity contribution is 7.99. The Morgan fingerprint density at radius 1 is 1.05 bits per heavy atom. The van der Waals surface area contributed by atoms with Crippen LogP contribution in [0.2, 0.25) is 5.02 Å². The molecule has 0 radical (unpaired) electrons. The first-order valence-corrected chi connectivity index (χ1v) is 7.08. The van der Waals surface area contributed by atoms with E-state index in [0.717, 1.165) is 10.3 Å². The summed E-state index contributed by atoms with van der Waals surface area (Å²) in [6.07, 6.45) is 1.58. The highest BCUT2D eigenvalue weighted by Gasteiger charge is 2.09. The number of aromatic nitrogens is 1. The van der Waals surface area contributed by atoms with Crippen LogP contribution in [0.5, 0.6) is 0 Å². The van der Waals surface area contributed by atoms with Crippen LogP contribution in [0, 0.1) is 5.82 Å². The van der Waals surface area contributed by atoms with Crippen LogP contribution in [0.25, 0.3) is 10.8 Å². The molecular weight excluding hydrogens is 297 g/mol. The van der Waals surface area contributed by atoms with Crippen LogP contribution in [0.1, 0.15) is 0 Å². The largest absolute Gasteiger partial charge is 0.327 e. The van der Waals surface area contributed by atoms with E-state index in [9.17, 15) is 9.18 Å². The number of hydrogen-bond donors (Lipinski definition) is 1. The van der Waals surface area contributed by atoms with Gasteiger partial charge >= 0.3 is 0 Å². The van der Waals surface area contributed by atoms with Crippen molar-refractivity contribution in [3.05, 3.63) is 69.9 Å². The topological polar surface area (TPSA) is 32.9 Å². The van der Waals surface area contributed by atoms with E-state index in [1.54, 1.807) is 42.6 Å². The molecule has 0 saturated carbocycles. The predicted molar refractivity (Wildman–Crippen MR) is 80.1 cm³/mol. The maximum atomic E-state index is 13.7. The molecule has 0 bridgehead atoms. The van der Waals surface area contributed by atoms with E-state index in [-0.39, 0.29) is 11.4 Å².